The number of hydrogen-bond donors (Lipinski definition) is 3. The number of benzene rings is 1. The van der Waals surface area contributed by atoms with Crippen LogP contribution in [-0.4, -0.2) is 82.3 Å². The van der Waals surface area contributed by atoms with E-state index in [-0.39, 0.29) is 5.60 Å². The van der Waals surface area contributed by atoms with Crippen LogP contribution < -0.4 is 5.32 Å². The number of carbonyl (C=O) groups is 2. The summed E-state index contributed by atoms with van der Waals surface area (Å²) in [5.74, 6) is -4.54. The third-order valence-electron chi connectivity index (χ3n) is 5.95. The number of carboxylic acid groups (broad SMARTS) is 2. The second-order valence-electron chi connectivity index (χ2n) is 8.95. The van der Waals surface area contributed by atoms with Crippen LogP contribution in [0.25, 0.3) is 0 Å². The zero-order valence-corrected chi connectivity index (χ0v) is 20.7. The maximum absolute atomic E-state index is 10.6. The number of halogens is 6. The highest BCUT2D eigenvalue weighted by atomic mass is 19.4. The number of ether oxygens (including phenoxy) is 1. The number of nitrogens with one attached hydrogen (secondary N) is 1. The number of likely N-dealkylation sites (tertiary alicyclic amines) is 1. The molecule has 14 heteroatoms. The van der Waals surface area contributed by atoms with Crippen LogP contribution in [0.5, 0.6) is 0 Å². The first-order chi connectivity index (χ1) is 18.2. The first-order valence-electron chi connectivity index (χ1n) is 11.9. The van der Waals surface area contributed by atoms with Crippen molar-refractivity contribution in [2.45, 2.75) is 49.7 Å². The van der Waals surface area contributed by atoms with Crippen LogP contribution in [-0.2, 0) is 20.7 Å². The molecule has 0 bridgehead atoms. The number of carboxylic acids is 2. The molecule has 2 aliphatic rings. The van der Waals surface area contributed by atoms with Crippen LogP contribution in [0.4, 0.5) is 32.2 Å². The predicted octanol–water partition coefficient (Wildman–Crippen LogP) is 4.63. The van der Waals surface area contributed by atoms with E-state index in [0.29, 0.717) is 6.04 Å². The molecule has 4 rings (SSSR count). The number of pyridine rings is 1. The lowest BCUT2D eigenvalue weighted by atomic mass is 9.89. The van der Waals surface area contributed by atoms with Crippen LogP contribution in [0.3, 0.4) is 0 Å². The van der Waals surface area contributed by atoms with Crippen molar-refractivity contribution in [2.24, 2.45) is 0 Å². The Bertz CT molecular complexity index is 1020. The second kappa shape index (κ2) is 14.1. The van der Waals surface area contributed by atoms with E-state index < -0.39 is 24.3 Å². The maximum Gasteiger partial charge on any atom is 0.490 e. The average molecular weight is 566 g/mol. The summed E-state index contributed by atoms with van der Waals surface area (Å²) in [4.78, 5) is 24.8. The molecule has 2 saturated heterocycles. The molecule has 1 spiro atoms. The fourth-order valence-corrected chi connectivity index (χ4v) is 4.14. The molecule has 2 aromatic rings. The minimum Gasteiger partial charge on any atom is -0.475 e. The molecule has 0 aliphatic carbocycles. The van der Waals surface area contributed by atoms with Gasteiger partial charge in [0.15, 0.2) is 0 Å². The van der Waals surface area contributed by atoms with E-state index in [2.05, 4.69) is 45.5 Å². The lowest BCUT2D eigenvalue weighted by Crippen LogP contribution is -2.46. The fourth-order valence-electron chi connectivity index (χ4n) is 4.14. The van der Waals surface area contributed by atoms with Crippen molar-refractivity contribution in [1.29, 1.82) is 0 Å². The van der Waals surface area contributed by atoms with Gasteiger partial charge < -0.3 is 25.2 Å². The molecule has 216 valence electrons. The smallest absolute Gasteiger partial charge is 0.475 e. The van der Waals surface area contributed by atoms with Gasteiger partial charge in [-0.2, -0.15) is 26.3 Å². The average Bonchev–Trinajstić information content (AvgIpc) is 3.25. The van der Waals surface area contributed by atoms with Crippen molar-refractivity contribution in [2.75, 3.05) is 31.6 Å². The van der Waals surface area contributed by atoms with E-state index in [4.69, 9.17) is 24.5 Å². The Labute approximate surface area is 220 Å². The zero-order chi connectivity index (χ0) is 29.1. The van der Waals surface area contributed by atoms with Gasteiger partial charge in [-0.25, -0.2) is 14.6 Å². The Morgan fingerprint density at radius 3 is 2.13 bits per heavy atom. The molecule has 0 amide bonds. The number of rotatable bonds is 5. The van der Waals surface area contributed by atoms with E-state index in [1.54, 1.807) is 0 Å². The molecular formula is C25H29F6N3O5. The number of nitrogens with zero attached hydrogens (tertiary/aromatic N) is 2. The molecule has 2 fully saturated rings. The molecule has 0 saturated carbocycles. The zero-order valence-electron chi connectivity index (χ0n) is 20.7. The molecule has 3 heterocycles. The summed E-state index contributed by atoms with van der Waals surface area (Å²) in [6, 6.07) is 17.3. The summed E-state index contributed by atoms with van der Waals surface area (Å²) < 4.78 is 69.7. The third kappa shape index (κ3) is 11.5. The molecule has 39 heavy (non-hydrogen) atoms. The Morgan fingerprint density at radius 1 is 1.00 bits per heavy atom. The normalized spacial score (nSPS) is 21.2. The highest BCUT2D eigenvalue weighted by Crippen LogP contribution is 2.35. The van der Waals surface area contributed by atoms with Crippen molar-refractivity contribution in [3.8, 4) is 0 Å². The first kappa shape index (κ1) is 31.8. The third-order valence-corrected chi connectivity index (χ3v) is 5.95. The van der Waals surface area contributed by atoms with Crippen molar-refractivity contribution < 1.29 is 50.9 Å². The SMILES string of the molecule is O=C(O)C(F)(F)F.O=C(O)C(F)(F)F.c1ccc(CCN2CC[C@@]3(C[C@H](Nc4ccccn4)CCO3)C2)cc1. The molecule has 2 atom stereocenters. The minimum atomic E-state index is -5.08. The van der Waals surface area contributed by atoms with Gasteiger partial charge >= 0.3 is 24.3 Å². The molecule has 0 radical (unpaired) electrons. The van der Waals surface area contributed by atoms with E-state index in [0.717, 1.165) is 57.7 Å². The number of alkyl halides is 6. The molecule has 2 aliphatic heterocycles. The molecule has 3 N–H and O–H groups in total. The minimum absolute atomic E-state index is 0.0292. The van der Waals surface area contributed by atoms with Crippen LogP contribution in [0.15, 0.2) is 54.7 Å². The van der Waals surface area contributed by atoms with Gasteiger partial charge in [0.25, 0.3) is 0 Å². The molecular weight excluding hydrogens is 536 g/mol. The Morgan fingerprint density at radius 2 is 1.59 bits per heavy atom. The monoisotopic (exact) mass is 565 g/mol. The predicted molar refractivity (Wildman–Crippen MR) is 128 cm³/mol. The molecule has 1 aromatic heterocycles. The van der Waals surface area contributed by atoms with Gasteiger partial charge in [0.1, 0.15) is 5.82 Å². The Balaban J connectivity index is 0.000000317. The largest absolute Gasteiger partial charge is 0.490 e. The summed E-state index contributed by atoms with van der Waals surface area (Å²) in [6.45, 7) is 4.16. The van der Waals surface area contributed by atoms with Crippen molar-refractivity contribution in [3.63, 3.8) is 0 Å². The van der Waals surface area contributed by atoms with E-state index in [9.17, 15) is 26.3 Å². The quantitative estimate of drug-likeness (QED) is 0.451. The van der Waals surface area contributed by atoms with Crippen molar-refractivity contribution in [1.82, 2.24) is 9.88 Å². The summed E-state index contributed by atoms with van der Waals surface area (Å²) in [5.41, 5.74) is 1.45. The Kier molecular flexibility index (Phi) is 11.5. The summed E-state index contributed by atoms with van der Waals surface area (Å²) in [5, 5.41) is 17.8. The van der Waals surface area contributed by atoms with E-state index >= 15 is 0 Å². The molecule has 1 aromatic carbocycles. The van der Waals surface area contributed by atoms with Crippen LogP contribution in [0.1, 0.15) is 24.8 Å². The van der Waals surface area contributed by atoms with Crippen molar-refractivity contribution >= 4 is 17.8 Å². The highest BCUT2D eigenvalue weighted by Gasteiger charge is 2.43. The maximum atomic E-state index is 10.6. The van der Waals surface area contributed by atoms with Gasteiger partial charge in [0.2, 0.25) is 0 Å². The lowest BCUT2D eigenvalue weighted by molar-refractivity contribution is -0.193. The standard InChI is InChI=1S/C21H27N3O.2C2HF3O2/c1-2-6-18(7-3-1)9-13-24-14-11-21(17-24)16-19(10-15-25-21)23-20-8-4-5-12-22-20;2*3-2(4,5)1(6)7/h1-8,12,19H,9-11,13-17H2,(H,22,23);2*(H,6,7)/t19-,21-;;/m1../s1. The highest BCUT2D eigenvalue weighted by molar-refractivity contribution is 5.73. The summed E-state index contributed by atoms with van der Waals surface area (Å²) >= 11 is 0. The van der Waals surface area contributed by atoms with Crippen LogP contribution >= 0.6 is 0 Å². The first-order valence-corrected chi connectivity index (χ1v) is 11.9. The number of hydrogen-bond acceptors (Lipinski definition) is 6. The van der Waals surface area contributed by atoms with E-state index in [1.807, 2.05) is 24.4 Å². The molecule has 8 nitrogen and oxygen atoms in total. The van der Waals surface area contributed by atoms with Crippen LogP contribution in [0, 0.1) is 0 Å². The second-order valence-corrected chi connectivity index (χ2v) is 8.95. The fraction of sp³-hybridized carbons (Fsp3) is 0.480. The van der Waals surface area contributed by atoms with Gasteiger partial charge in [-0.3, -0.25) is 0 Å². The van der Waals surface area contributed by atoms with Gasteiger partial charge in [0.05, 0.1) is 5.60 Å². The van der Waals surface area contributed by atoms with E-state index in [1.165, 1.54) is 5.56 Å². The van der Waals surface area contributed by atoms with Crippen molar-refractivity contribution in [3.05, 3.63) is 60.3 Å². The Hall–Kier alpha value is -3.39. The summed E-state index contributed by atoms with van der Waals surface area (Å²) in [6.07, 6.45) is -3.93. The number of aromatic nitrogens is 1. The van der Waals surface area contributed by atoms with Crippen LogP contribution in [0.2, 0.25) is 0 Å². The number of aliphatic carboxylic acids is 2. The topological polar surface area (TPSA) is 112 Å². The lowest BCUT2D eigenvalue weighted by Gasteiger charge is -2.38. The van der Waals surface area contributed by atoms with Gasteiger partial charge in [-0.15, -0.1) is 0 Å². The summed E-state index contributed by atoms with van der Waals surface area (Å²) in [7, 11) is 0. The molecule has 0 unspecified atom stereocenters. The van der Waals surface area contributed by atoms with Gasteiger partial charge in [-0.05, 0) is 43.4 Å². The van der Waals surface area contributed by atoms with Gasteiger partial charge in [0, 0.05) is 38.5 Å². The number of anilines is 1. The van der Waals surface area contributed by atoms with Gasteiger partial charge in [-0.1, -0.05) is 36.4 Å².